The van der Waals surface area contributed by atoms with Crippen molar-refractivity contribution in [3.05, 3.63) is 48.8 Å². The van der Waals surface area contributed by atoms with Crippen LogP contribution in [0.3, 0.4) is 0 Å². The summed E-state index contributed by atoms with van der Waals surface area (Å²) >= 11 is 0. The summed E-state index contributed by atoms with van der Waals surface area (Å²) in [5.41, 5.74) is 1.09. The van der Waals surface area contributed by atoms with E-state index < -0.39 is 0 Å². The number of pyridine rings is 2. The maximum Gasteiger partial charge on any atom is 0.231 e. The third kappa shape index (κ3) is 2.28. The monoisotopic (exact) mass is 369 g/mol. The molecule has 0 atom stereocenters. The molecule has 0 saturated carbocycles. The van der Waals surface area contributed by atoms with Gasteiger partial charge in [0.25, 0.3) is 0 Å². The first kappa shape index (κ1) is 16.5. The van der Waals surface area contributed by atoms with E-state index in [4.69, 9.17) is 18.9 Å². The zero-order valence-corrected chi connectivity index (χ0v) is 15.0. The number of aromatic nitrogens is 1. The van der Waals surface area contributed by atoms with Crippen LogP contribution in [-0.4, -0.2) is 21.0 Å². The average molecular weight is 370 g/mol. The number of halogens is 1. The van der Waals surface area contributed by atoms with E-state index in [1.54, 1.807) is 14.2 Å². The first-order valence-corrected chi connectivity index (χ1v) is 8.00. The molecule has 2 aromatic carbocycles. The van der Waals surface area contributed by atoms with Gasteiger partial charge >= 0.3 is 0 Å². The molecule has 0 saturated heterocycles. The maximum atomic E-state index is 5.57. The van der Waals surface area contributed by atoms with Crippen molar-refractivity contribution in [1.29, 1.82) is 0 Å². The Hall–Kier alpha value is -2.92. The molecule has 2 aromatic heterocycles. The molecule has 1 aliphatic rings. The van der Waals surface area contributed by atoms with E-state index in [-0.39, 0.29) is 19.2 Å². The van der Waals surface area contributed by atoms with E-state index in [2.05, 4.69) is 22.7 Å². The molecular weight excluding hydrogens is 354 g/mol. The molecule has 0 radical (unpaired) electrons. The van der Waals surface area contributed by atoms with Gasteiger partial charge in [0.15, 0.2) is 35.4 Å². The van der Waals surface area contributed by atoms with Crippen molar-refractivity contribution in [2.75, 3.05) is 21.0 Å². The van der Waals surface area contributed by atoms with Gasteiger partial charge in [0.1, 0.15) is 0 Å². The van der Waals surface area contributed by atoms with Crippen molar-refractivity contribution >= 4 is 27.1 Å². The van der Waals surface area contributed by atoms with Gasteiger partial charge in [-0.1, -0.05) is 0 Å². The molecule has 0 spiro atoms. The molecule has 1 aliphatic heterocycles. The third-order valence-corrected chi connectivity index (χ3v) is 4.69. The smallest absolute Gasteiger partial charge is 0.231 e. The summed E-state index contributed by atoms with van der Waals surface area (Å²) in [4.78, 5) is 0. The number of nitrogens with zero attached hydrogens (tertiary/aromatic N) is 1. The van der Waals surface area contributed by atoms with E-state index in [0.29, 0.717) is 0 Å². The van der Waals surface area contributed by atoms with E-state index >= 15 is 0 Å². The molecule has 4 aromatic rings. The molecule has 3 heterocycles. The molecule has 6 heteroatoms. The molecule has 5 rings (SSSR count). The maximum absolute atomic E-state index is 5.57. The summed E-state index contributed by atoms with van der Waals surface area (Å²) in [6.45, 7) is 0.274. The minimum absolute atomic E-state index is 0. The summed E-state index contributed by atoms with van der Waals surface area (Å²) in [5, 5.41) is 4.31. The van der Waals surface area contributed by atoms with E-state index in [1.807, 2.05) is 30.5 Å². The number of hydrogen-bond acceptors (Lipinski definition) is 4. The average Bonchev–Trinajstić information content (AvgIpc) is 3.11. The lowest BCUT2D eigenvalue weighted by atomic mass is 10.1. The second-order valence-corrected chi connectivity index (χ2v) is 5.98. The van der Waals surface area contributed by atoms with Gasteiger partial charge in [-0.3, -0.25) is 0 Å². The Labute approximate surface area is 156 Å². The number of methoxy groups -OCH3 is 2. The highest BCUT2D eigenvalue weighted by Crippen LogP contribution is 2.38. The molecule has 0 amide bonds. The SMILES string of the molecule is COc1ccc2cc3c4cc5c(cc4cc[n+]3cc2c1OC)OCO5.[Cl-]. The van der Waals surface area contributed by atoms with E-state index in [1.165, 1.54) is 0 Å². The third-order valence-electron chi connectivity index (χ3n) is 4.69. The number of benzene rings is 2. The van der Waals surface area contributed by atoms with E-state index in [9.17, 15) is 0 Å². The Morgan fingerprint density at radius 1 is 0.885 bits per heavy atom. The van der Waals surface area contributed by atoms with E-state index in [0.717, 1.165) is 50.1 Å². The fourth-order valence-electron chi connectivity index (χ4n) is 3.47. The Balaban J connectivity index is 0.00000168. The first-order valence-electron chi connectivity index (χ1n) is 8.00. The van der Waals surface area contributed by atoms with Crippen LogP contribution in [0.15, 0.2) is 48.8 Å². The number of rotatable bonds is 2. The van der Waals surface area contributed by atoms with Crippen molar-refractivity contribution in [3.8, 4) is 23.0 Å². The highest BCUT2D eigenvalue weighted by Gasteiger charge is 2.19. The van der Waals surface area contributed by atoms with Crippen LogP contribution in [-0.2, 0) is 0 Å². The minimum Gasteiger partial charge on any atom is -1.00 e. The van der Waals surface area contributed by atoms with Crippen molar-refractivity contribution in [2.45, 2.75) is 0 Å². The van der Waals surface area contributed by atoms with Gasteiger partial charge in [0, 0.05) is 12.1 Å². The van der Waals surface area contributed by atoms with Gasteiger partial charge in [0.2, 0.25) is 12.3 Å². The number of ether oxygens (including phenoxy) is 4. The predicted octanol–water partition coefficient (Wildman–Crippen LogP) is 0.482. The minimum atomic E-state index is 0. The molecule has 26 heavy (non-hydrogen) atoms. The van der Waals surface area contributed by atoms with Gasteiger partial charge in [-0.05, 0) is 35.0 Å². The van der Waals surface area contributed by atoms with Crippen LogP contribution in [0.4, 0.5) is 0 Å². The predicted molar refractivity (Wildman–Crippen MR) is 93.8 cm³/mol. The van der Waals surface area contributed by atoms with Gasteiger partial charge in [0.05, 0.1) is 25.0 Å². The second-order valence-electron chi connectivity index (χ2n) is 5.98. The summed E-state index contributed by atoms with van der Waals surface area (Å²) in [7, 11) is 3.31. The Kier molecular flexibility index (Phi) is 3.89. The zero-order chi connectivity index (χ0) is 17.0. The van der Waals surface area contributed by atoms with Crippen LogP contribution >= 0.6 is 0 Å². The fraction of sp³-hybridized carbons (Fsp3) is 0.150. The van der Waals surface area contributed by atoms with Crippen LogP contribution < -0.4 is 35.8 Å². The molecule has 0 N–H and O–H groups in total. The first-order chi connectivity index (χ1) is 12.3. The van der Waals surface area contributed by atoms with Crippen LogP contribution in [0.1, 0.15) is 0 Å². The highest BCUT2D eigenvalue weighted by atomic mass is 35.5. The molecule has 0 aliphatic carbocycles. The lowest BCUT2D eigenvalue weighted by Crippen LogP contribution is -3.00. The van der Waals surface area contributed by atoms with Gasteiger partial charge in [-0.15, -0.1) is 0 Å². The largest absolute Gasteiger partial charge is 1.00 e. The molecular formula is C20H16ClNO4. The standard InChI is InChI=1S/C20H16NO4.ClH/c1-22-17-4-3-12-7-16-14-9-19-18(24-11-25-19)8-13(14)5-6-21(16)10-15(12)20(17)23-2;/h3-10H,11H2,1-2H3;1H/q+1;/p-1. The lowest BCUT2D eigenvalue weighted by Gasteiger charge is -2.10. The van der Waals surface area contributed by atoms with Crippen molar-refractivity contribution in [1.82, 2.24) is 0 Å². The van der Waals surface area contributed by atoms with Crippen LogP contribution in [0.5, 0.6) is 23.0 Å². The number of fused-ring (bicyclic) bond motifs is 5. The van der Waals surface area contributed by atoms with Crippen molar-refractivity contribution in [3.63, 3.8) is 0 Å². The molecule has 0 bridgehead atoms. The summed E-state index contributed by atoms with van der Waals surface area (Å²) in [6, 6.07) is 12.3. The molecule has 5 nitrogen and oxygen atoms in total. The zero-order valence-electron chi connectivity index (χ0n) is 14.3. The van der Waals surface area contributed by atoms with Crippen LogP contribution in [0, 0.1) is 0 Å². The lowest BCUT2D eigenvalue weighted by molar-refractivity contribution is -0.509. The molecule has 0 unspecified atom stereocenters. The Morgan fingerprint density at radius 3 is 2.42 bits per heavy atom. The number of hydrogen-bond donors (Lipinski definition) is 0. The summed E-state index contributed by atoms with van der Waals surface area (Å²) in [5.74, 6) is 3.04. The summed E-state index contributed by atoms with van der Waals surface area (Å²) in [6.07, 6.45) is 4.11. The fourth-order valence-corrected chi connectivity index (χ4v) is 3.47. The quantitative estimate of drug-likeness (QED) is 0.293. The Morgan fingerprint density at radius 2 is 1.65 bits per heavy atom. The summed E-state index contributed by atoms with van der Waals surface area (Å²) < 4.78 is 24.1. The topological polar surface area (TPSA) is 41.0 Å². The van der Waals surface area contributed by atoms with Crippen molar-refractivity contribution in [2.24, 2.45) is 0 Å². The second kappa shape index (κ2) is 6.11. The molecule has 132 valence electrons. The van der Waals surface area contributed by atoms with Gasteiger partial charge in [-0.25, -0.2) is 0 Å². The Bertz CT molecular complexity index is 1160. The van der Waals surface area contributed by atoms with Crippen molar-refractivity contribution < 1.29 is 35.8 Å². The van der Waals surface area contributed by atoms with Gasteiger partial charge < -0.3 is 31.4 Å². The van der Waals surface area contributed by atoms with Gasteiger partial charge in [-0.2, -0.15) is 4.40 Å². The van der Waals surface area contributed by atoms with Crippen LogP contribution in [0.25, 0.3) is 27.1 Å². The highest BCUT2D eigenvalue weighted by molar-refractivity contribution is 6.00. The molecule has 0 fully saturated rings. The normalized spacial score (nSPS) is 12.4. The van der Waals surface area contributed by atoms with Crippen LogP contribution in [0.2, 0.25) is 0 Å².